The topological polar surface area (TPSA) is 61.8 Å². The third kappa shape index (κ3) is 3.98. The molecule has 1 fully saturated rings. The molecule has 0 aromatic rings. The second-order valence-electron chi connectivity index (χ2n) is 4.30. The molecule has 1 heterocycles. The van der Waals surface area contributed by atoms with Crippen LogP contribution in [-0.4, -0.2) is 55.0 Å². The number of carbonyl (C=O) groups is 1. The van der Waals surface area contributed by atoms with Gasteiger partial charge < -0.3 is 20.1 Å². The molecule has 94 valence electrons. The Morgan fingerprint density at radius 3 is 3.00 bits per heavy atom. The molecule has 0 aliphatic carbocycles. The van der Waals surface area contributed by atoms with E-state index >= 15 is 0 Å². The van der Waals surface area contributed by atoms with E-state index in [0.29, 0.717) is 12.6 Å². The Morgan fingerprint density at radius 2 is 2.44 bits per heavy atom. The van der Waals surface area contributed by atoms with E-state index in [2.05, 4.69) is 5.32 Å². The van der Waals surface area contributed by atoms with E-state index in [-0.39, 0.29) is 18.7 Å². The van der Waals surface area contributed by atoms with Crippen molar-refractivity contribution < 1.29 is 14.6 Å². The van der Waals surface area contributed by atoms with Crippen LogP contribution in [0.2, 0.25) is 0 Å². The smallest absolute Gasteiger partial charge is 0.317 e. The summed E-state index contributed by atoms with van der Waals surface area (Å²) in [6.07, 6.45) is 3.40. The van der Waals surface area contributed by atoms with Crippen LogP contribution in [0.3, 0.4) is 0 Å². The molecular formula is C11H22N2O3. The predicted molar refractivity (Wildman–Crippen MR) is 61.3 cm³/mol. The van der Waals surface area contributed by atoms with Gasteiger partial charge in [-0.25, -0.2) is 4.79 Å². The first-order chi connectivity index (χ1) is 7.65. The number of urea groups is 1. The number of nitrogens with one attached hydrogen (secondary N) is 1. The van der Waals surface area contributed by atoms with Crippen LogP contribution in [0.4, 0.5) is 4.79 Å². The van der Waals surface area contributed by atoms with Gasteiger partial charge in [0.15, 0.2) is 0 Å². The van der Waals surface area contributed by atoms with Gasteiger partial charge in [0.2, 0.25) is 0 Å². The summed E-state index contributed by atoms with van der Waals surface area (Å²) in [4.78, 5) is 13.1. The monoisotopic (exact) mass is 230 g/mol. The zero-order chi connectivity index (χ0) is 12.0. The number of amides is 2. The first-order valence-corrected chi connectivity index (χ1v) is 5.88. The average molecular weight is 230 g/mol. The predicted octanol–water partition coefficient (Wildman–Crippen LogP) is 0.578. The summed E-state index contributed by atoms with van der Waals surface area (Å²) in [7, 11) is 1.68. The Labute approximate surface area is 96.8 Å². The summed E-state index contributed by atoms with van der Waals surface area (Å²) >= 11 is 0. The first kappa shape index (κ1) is 13.3. The summed E-state index contributed by atoms with van der Waals surface area (Å²) < 4.78 is 5.46. The summed E-state index contributed by atoms with van der Waals surface area (Å²) in [5, 5.41) is 11.7. The quantitative estimate of drug-likeness (QED) is 0.726. The van der Waals surface area contributed by atoms with E-state index in [9.17, 15) is 4.79 Å². The molecule has 16 heavy (non-hydrogen) atoms. The molecule has 2 N–H and O–H groups in total. The number of rotatable bonds is 5. The average Bonchev–Trinajstić information content (AvgIpc) is 2.79. The lowest BCUT2D eigenvalue weighted by Crippen LogP contribution is -2.44. The molecule has 1 aliphatic rings. The van der Waals surface area contributed by atoms with Crippen molar-refractivity contribution in [3.8, 4) is 0 Å². The maximum atomic E-state index is 11.6. The van der Waals surface area contributed by atoms with Crippen molar-refractivity contribution in [2.24, 2.45) is 0 Å². The zero-order valence-electron chi connectivity index (χ0n) is 10.1. The molecule has 0 radical (unpaired) electrons. The molecule has 1 rings (SSSR count). The third-order valence-corrected chi connectivity index (χ3v) is 3.01. The van der Waals surface area contributed by atoms with Gasteiger partial charge in [-0.05, 0) is 26.2 Å². The summed E-state index contributed by atoms with van der Waals surface area (Å²) in [6.45, 7) is 3.27. The third-order valence-electron chi connectivity index (χ3n) is 3.01. The van der Waals surface area contributed by atoms with Crippen molar-refractivity contribution >= 4 is 6.03 Å². The highest BCUT2D eigenvalue weighted by Crippen LogP contribution is 2.14. The number of ether oxygens (including phenoxy) is 1. The van der Waals surface area contributed by atoms with Crippen molar-refractivity contribution in [3.05, 3.63) is 0 Å². The number of hydrogen-bond acceptors (Lipinski definition) is 3. The maximum absolute atomic E-state index is 11.6. The van der Waals surface area contributed by atoms with Crippen molar-refractivity contribution in [1.29, 1.82) is 0 Å². The Kier molecular flexibility index (Phi) is 5.55. The highest BCUT2D eigenvalue weighted by molar-refractivity contribution is 5.74. The number of aliphatic hydroxyl groups excluding tert-OH is 1. The fourth-order valence-electron chi connectivity index (χ4n) is 1.66. The van der Waals surface area contributed by atoms with E-state index < -0.39 is 0 Å². The number of nitrogens with zero attached hydrogens (tertiary/aromatic N) is 1. The number of likely N-dealkylation sites (N-methyl/N-ethyl adjacent to an activating group) is 1. The molecule has 0 saturated carbocycles. The minimum Gasteiger partial charge on any atom is -0.394 e. The Hall–Kier alpha value is -0.810. The van der Waals surface area contributed by atoms with Gasteiger partial charge >= 0.3 is 6.03 Å². The molecular weight excluding hydrogens is 208 g/mol. The van der Waals surface area contributed by atoms with Crippen LogP contribution in [0, 0.1) is 0 Å². The fourth-order valence-corrected chi connectivity index (χ4v) is 1.66. The molecule has 0 aromatic carbocycles. The lowest BCUT2D eigenvalue weighted by atomic mass is 10.2. The van der Waals surface area contributed by atoms with Crippen LogP contribution in [-0.2, 0) is 4.74 Å². The molecule has 2 unspecified atom stereocenters. The number of aliphatic hydroxyl groups is 1. The van der Waals surface area contributed by atoms with E-state index in [1.54, 1.807) is 14.0 Å². The van der Waals surface area contributed by atoms with Gasteiger partial charge in [-0.2, -0.15) is 0 Å². The molecule has 1 aliphatic heterocycles. The van der Waals surface area contributed by atoms with Gasteiger partial charge in [0.25, 0.3) is 0 Å². The number of hydrogen-bond donors (Lipinski definition) is 2. The van der Waals surface area contributed by atoms with Gasteiger partial charge in [-0.1, -0.05) is 0 Å². The summed E-state index contributed by atoms with van der Waals surface area (Å²) in [5.74, 6) is 0. The molecule has 0 bridgehead atoms. The first-order valence-electron chi connectivity index (χ1n) is 5.88. The second-order valence-corrected chi connectivity index (χ2v) is 4.30. The highest BCUT2D eigenvalue weighted by Gasteiger charge is 2.17. The van der Waals surface area contributed by atoms with Crippen molar-refractivity contribution in [2.45, 2.75) is 38.3 Å². The van der Waals surface area contributed by atoms with Crippen molar-refractivity contribution in [3.63, 3.8) is 0 Å². The Bertz CT molecular complexity index is 217. The van der Waals surface area contributed by atoms with E-state index in [4.69, 9.17) is 9.84 Å². The lowest BCUT2D eigenvalue weighted by molar-refractivity contribution is 0.103. The van der Waals surface area contributed by atoms with Crippen LogP contribution in [0.1, 0.15) is 26.2 Å². The molecule has 2 amide bonds. The minimum atomic E-state index is -0.150. The summed E-state index contributed by atoms with van der Waals surface area (Å²) in [6, 6.07) is -0.290. The fraction of sp³-hybridized carbons (Fsp3) is 0.909. The van der Waals surface area contributed by atoms with Crippen LogP contribution in [0.25, 0.3) is 0 Å². The molecule has 5 heteroatoms. The second kappa shape index (κ2) is 6.70. The standard InChI is InChI=1S/C11H22N2O3/c1-9(8-14)13(2)11(15)12-6-5-10-4-3-7-16-10/h9-10,14H,3-8H2,1-2H3,(H,12,15). The molecule has 1 saturated heterocycles. The van der Waals surface area contributed by atoms with Gasteiger partial charge in [0.1, 0.15) is 0 Å². The zero-order valence-corrected chi connectivity index (χ0v) is 10.1. The van der Waals surface area contributed by atoms with Crippen LogP contribution < -0.4 is 5.32 Å². The van der Waals surface area contributed by atoms with E-state index in [0.717, 1.165) is 25.9 Å². The van der Waals surface area contributed by atoms with Crippen molar-refractivity contribution in [1.82, 2.24) is 10.2 Å². The molecule has 0 spiro atoms. The Balaban J connectivity index is 2.13. The minimum absolute atomic E-state index is 0.0182. The van der Waals surface area contributed by atoms with E-state index in [1.807, 2.05) is 0 Å². The molecule has 5 nitrogen and oxygen atoms in total. The van der Waals surface area contributed by atoms with Crippen LogP contribution in [0.15, 0.2) is 0 Å². The largest absolute Gasteiger partial charge is 0.394 e. The van der Waals surface area contributed by atoms with Crippen LogP contribution >= 0.6 is 0 Å². The summed E-state index contributed by atoms with van der Waals surface area (Å²) in [5.41, 5.74) is 0. The van der Waals surface area contributed by atoms with Crippen molar-refractivity contribution in [2.75, 3.05) is 26.8 Å². The normalized spacial score (nSPS) is 21.8. The van der Waals surface area contributed by atoms with Gasteiger partial charge in [0, 0.05) is 20.2 Å². The maximum Gasteiger partial charge on any atom is 0.317 e. The molecule has 2 atom stereocenters. The Morgan fingerprint density at radius 1 is 1.69 bits per heavy atom. The highest BCUT2D eigenvalue weighted by atomic mass is 16.5. The van der Waals surface area contributed by atoms with Gasteiger partial charge in [0.05, 0.1) is 18.8 Å². The molecule has 0 aromatic heterocycles. The SMILES string of the molecule is CC(CO)N(C)C(=O)NCCC1CCCO1. The van der Waals surface area contributed by atoms with Gasteiger partial charge in [-0.15, -0.1) is 0 Å². The van der Waals surface area contributed by atoms with E-state index in [1.165, 1.54) is 4.90 Å². The van der Waals surface area contributed by atoms with Crippen LogP contribution in [0.5, 0.6) is 0 Å². The van der Waals surface area contributed by atoms with Gasteiger partial charge in [-0.3, -0.25) is 0 Å². The lowest BCUT2D eigenvalue weighted by Gasteiger charge is -2.23. The number of carbonyl (C=O) groups excluding carboxylic acids is 1.